The summed E-state index contributed by atoms with van der Waals surface area (Å²) < 4.78 is 81.9. The van der Waals surface area contributed by atoms with Gasteiger partial charge in [0, 0.05) is 7.05 Å². The van der Waals surface area contributed by atoms with E-state index >= 15 is 0 Å². The van der Waals surface area contributed by atoms with Gasteiger partial charge in [0.1, 0.15) is 11.5 Å². The minimum Gasteiger partial charge on any atom is -0.494 e. The molecule has 0 unspecified atom stereocenters. The van der Waals surface area contributed by atoms with Gasteiger partial charge in [-0.3, -0.25) is 9.10 Å². The van der Waals surface area contributed by atoms with Gasteiger partial charge in [0.2, 0.25) is 0 Å². The van der Waals surface area contributed by atoms with E-state index < -0.39 is 58.3 Å². The number of carbonyl (C=O) groups is 2. The number of esters is 1. The topological polar surface area (TPSA) is 111 Å². The van der Waals surface area contributed by atoms with E-state index in [0.29, 0.717) is 24.1 Å². The summed E-state index contributed by atoms with van der Waals surface area (Å²) in [4.78, 5) is 23.7. The first-order valence-corrected chi connectivity index (χ1v) is 12.5. The Kier molecular flexibility index (Phi) is 9.18. The van der Waals surface area contributed by atoms with Crippen molar-refractivity contribution >= 4 is 33.3 Å². The second-order valence-corrected chi connectivity index (χ2v) is 9.56. The molecule has 202 valence electrons. The van der Waals surface area contributed by atoms with E-state index in [9.17, 15) is 31.2 Å². The third kappa shape index (κ3) is 6.94. The minimum absolute atomic E-state index is 0.0721. The lowest BCUT2D eigenvalue weighted by Crippen LogP contribution is -2.26. The first-order valence-electron chi connectivity index (χ1n) is 11.1. The van der Waals surface area contributed by atoms with Crippen molar-refractivity contribution in [1.29, 1.82) is 0 Å². The lowest BCUT2D eigenvalue weighted by atomic mass is 10.3. The summed E-state index contributed by atoms with van der Waals surface area (Å²) in [6.07, 6.45) is 0. The number of halogens is 3. The molecule has 0 saturated carbocycles. The Morgan fingerprint density at radius 2 is 1.45 bits per heavy atom. The van der Waals surface area contributed by atoms with Crippen LogP contribution in [0.25, 0.3) is 0 Å². The smallest absolute Gasteiger partial charge is 0.344 e. The van der Waals surface area contributed by atoms with Crippen LogP contribution in [-0.4, -0.2) is 47.2 Å². The fraction of sp³-hybridized carbons (Fsp3) is 0.200. The number of rotatable bonds is 11. The van der Waals surface area contributed by atoms with Crippen molar-refractivity contribution in [1.82, 2.24) is 0 Å². The number of nitrogens with one attached hydrogen (secondary N) is 1. The molecule has 0 radical (unpaired) electrons. The number of hydrogen-bond acceptors (Lipinski definition) is 7. The van der Waals surface area contributed by atoms with Crippen LogP contribution in [0.2, 0.25) is 0 Å². The Labute approximate surface area is 216 Å². The standard InChI is InChI=1S/C25H23F3N2O7S/c1-3-35-17-8-10-19(11-9-17)38(33,34)30(2)16-4-6-18(7-5-16)36-15-23(32)37-14-22(31)29-21-13-12-20(26)24(27)25(21)28/h4-13H,3,14-15H2,1-2H3,(H,29,31). The van der Waals surface area contributed by atoms with Crippen molar-refractivity contribution in [2.75, 3.05) is 36.5 Å². The summed E-state index contributed by atoms with van der Waals surface area (Å²) >= 11 is 0. The highest BCUT2D eigenvalue weighted by Crippen LogP contribution is 2.26. The van der Waals surface area contributed by atoms with Crippen molar-refractivity contribution in [3.63, 3.8) is 0 Å². The zero-order valence-corrected chi connectivity index (χ0v) is 21.1. The maximum Gasteiger partial charge on any atom is 0.344 e. The molecular formula is C25H23F3N2O7S. The third-order valence-electron chi connectivity index (χ3n) is 5.02. The molecule has 0 saturated heterocycles. The normalized spacial score (nSPS) is 11.0. The van der Waals surface area contributed by atoms with E-state index in [1.54, 1.807) is 12.1 Å². The number of sulfonamides is 1. The van der Waals surface area contributed by atoms with Crippen LogP contribution in [0.15, 0.2) is 65.6 Å². The number of carbonyl (C=O) groups excluding carboxylic acids is 2. The average molecular weight is 553 g/mol. The molecule has 0 heterocycles. The number of anilines is 2. The molecule has 0 bridgehead atoms. The Balaban J connectivity index is 1.50. The molecule has 3 aromatic carbocycles. The molecular weight excluding hydrogens is 529 g/mol. The number of benzene rings is 3. The summed E-state index contributed by atoms with van der Waals surface area (Å²) in [6, 6.07) is 13.3. The summed E-state index contributed by atoms with van der Waals surface area (Å²) in [7, 11) is -2.46. The summed E-state index contributed by atoms with van der Waals surface area (Å²) in [6.45, 7) is 0.855. The van der Waals surface area contributed by atoms with E-state index in [2.05, 4.69) is 0 Å². The van der Waals surface area contributed by atoms with Gasteiger partial charge in [-0.15, -0.1) is 0 Å². The maximum absolute atomic E-state index is 13.6. The van der Waals surface area contributed by atoms with E-state index in [0.717, 1.165) is 10.4 Å². The highest BCUT2D eigenvalue weighted by atomic mass is 32.2. The predicted molar refractivity (Wildman–Crippen MR) is 131 cm³/mol. The Morgan fingerprint density at radius 3 is 2.08 bits per heavy atom. The van der Waals surface area contributed by atoms with Crippen LogP contribution in [0, 0.1) is 17.5 Å². The molecule has 3 rings (SSSR count). The highest BCUT2D eigenvalue weighted by molar-refractivity contribution is 7.92. The van der Waals surface area contributed by atoms with Gasteiger partial charge in [-0.1, -0.05) is 0 Å². The second kappa shape index (κ2) is 12.3. The largest absolute Gasteiger partial charge is 0.494 e. The summed E-state index contributed by atoms with van der Waals surface area (Å²) in [5.74, 6) is -5.92. The zero-order valence-electron chi connectivity index (χ0n) is 20.2. The summed E-state index contributed by atoms with van der Waals surface area (Å²) in [5.41, 5.74) is -0.286. The molecule has 0 fully saturated rings. The van der Waals surface area contributed by atoms with Crippen LogP contribution in [0.5, 0.6) is 11.5 Å². The van der Waals surface area contributed by atoms with Gasteiger partial charge >= 0.3 is 5.97 Å². The van der Waals surface area contributed by atoms with Crippen molar-refractivity contribution in [2.45, 2.75) is 11.8 Å². The molecule has 9 nitrogen and oxygen atoms in total. The van der Waals surface area contributed by atoms with E-state index in [4.69, 9.17) is 14.2 Å². The van der Waals surface area contributed by atoms with E-state index in [1.807, 2.05) is 12.2 Å². The monoisotopic (exact) mass is 552 g/mol. The number of ether oxygens (including phenoxy) is 3. The van der Waals surface area contributed by atoms with Gasteiger partial charge in [0.05, 0.1) is 22.9 Å². The van der Waals surface area contributed by atoms with Crippen LogP contribution < -0.4 is 19.1 Å². The molecule has 1 N–H and O–H groups in total. The van der Waals surface area contributed by atoms with Crippen LogP contribution in [0.3, 0.4) is 0 Å². The molecule has 38 heavy (non-hydrogen) atoms. The average Bonchev–Trinajstić information content (AvgIpc) is 2.91. The molecule has 0 aliphatic rings. The molecule has 3 aromatic rings. The predicted octanol–water partition coefficient (Wildman–Crippen LogP) is 3.89. The Morgan fingerprint density at radius 1 is 0.842 bits per heavy atom. The molecule has 0 aliphatic heterocycles. The zero-order chi connectivity index (χ0) is 27.9. The third-order valence-corrected chi connectivity index (χ3v) is 6.82. The van der Waals surface area contributed by atoms with Crippen molar-refractivity contribution in [2.24, 2.45) is 0 Å². The first kappa shape index (κ1) is 28.3. The minimum atomic E-state index is -3.85. The van der Waals surface area contributed by atoms with Crippen LogP contribution in [0.4, 0.5) is 24.5 Å². The maximum atomic E-state index is 13.6. The molecule has 1 amide bonds. The van der Waals surface area contributed by atoms with Crippen molar-refractivity contribution in [3.8, 4) is 11.5 Å². The lowest BCUT2D eigenvalue weighted by molar-refractivity contribution is -0.149. The van der Waals surface area contributed by atoms with Crippen LogP contribution in [-0.2, 0) is 24.3 Å². The molecule has 0 aromatic heterocycles. The molecule has 13 heteroatoms. The summed E-state index contributed by atoms with van der Waals surface area (Å²) in [5, 5.41) is 1.96. The molecule has 0 atom stereocenters. The lowest BCUT2D eigenvalue weighted by Gasteiger charge is -2.20. The first-order chi connectivity index (χ1) is 18.0. The quantitative estimate of drug-likeness (QED) is 0.284. The van der Waals surface area contributed by atoms with Gasteiger partial charge in [0.25, 0.3) is 15.9 Å². The van der Waals surface area contributed by atoms with Crippen molar-refractivity contribution in [3.05, 3.63) is 78.1 Å². The fourth-order valence-electron chi connectivity index (χ4n) is 3.06. The van der Waals surface area contributed by atoms with Gasteiger partial charge in [-0.05, 0) is 67.6 Å². The number of amides is 1. The van der Waals surface area contributed by atoms with Crippen LogP contribution in [0.1, 0.15) is 6.92 Å². The Bertz CT molecular complexity index is 1400. The SMILES string of the molecule is CCOc1ccc(S(=O)(=O)N(C)c2ccc(OCC(=O)OCC(=O)Nc3ccc(F)c(F)c3F)cc2)cc1. The van der Waals surface area contributed by atoms with Gasteiger partial charge in [-0.25, -0.2) is 26.4 Å². The number of hydrogen-bond donors (Lipinski definition) is 1. The van der Waals surface area contributed by atoms with Crippen LogP contribution >= 0.6 is 0 Å². The van der Waals surface area contributed by atoms with Gasteiger partial charge < -0.3 is 19.5 Å². The molecule has 0 spiro atoms. The highest BCUT2D eigenvalue weighted by Gasteiger charge is 2.21. The van der Waals surface area contributed by atoms with E-state index in [-0.39, 0.29) is 10.6 Å². The van der Waals surface area contributed by atoms with E-state index in [1.165, 1.54) is 43.4 Å². The number of nitrogens with zero attached hydrogens (tertiary/aromatic N) is 1. The van der Waals surface area contributed by atoms with Gasteiger partial charge in [0.15, 0.2) is 30.7 Å². The second-order valence-electron chi connectivity index (χ2n) is 7.59. The molecule has 0 aliphatic carbocycles. The van der Waals surface area contributed by atoms with Crippen molar-refractivity contribution < 1.29 is 45.4 Å². The Hall–Kier alpha value is -4.26. The fourth-order valence-corrected chi connectivity index (χ4v) is 4.26. The van der Waals surface area contributed by atoms with Gasteiger partial charge in [-0.2, -0.15) is 0 Å².